The van der Waals surface area contributed by atoms with Crippen LogP contribution in [-0.4, -0.2) is 24.1 Å². The third-order valence-corrected chi connectivity index (χ3v) is 4.47. The molecular weight excluding hydrogens is 274 g/mol. The highest BCUT2D eigenvalue weighted by Gasteiger charge is 2.30. The van der Waals surface area contributed by atoms with Gasteiger partial charge in [0.05, 0.1) is 0 Å². The monoisotopic (exact) mass is 315 g/mol. The summed E-state index contributed by atoms with van der Waals surface area (Å²) >= 11 is 2.09. The Morgan fingerprint density at radius 2 is 1.33 bits per heavy atom. The fourth-order valence-corrected chi connectivity index (χ4v) is 3.49. The van der Waals surface area contributed by atoms with Gasteiger partial charge < -0.3 is 5.32 Å². The van der Waals surface area contributed by atoms with Crippen LogP contribution in [0.5, 0.6) is 0 Å². The molecule has 2 saturated heterocycles. The molecule has 3 rings (SSSR count). The van der Waals surface area contributed by atoms with E-state index >= 15 is 0 Å². The van der Waals surface area contributed by atoms with Crippen molar-refractivity contribution in [3.05, 3.63) is 0 Å². The van der Waals surface area contributed by atoms with Gasteiger partial charge in [-0.05, 0) is 67.9 Å². The van der Waals surface area contributed by atoms with E-state index in [0.717, 1.165) is 23.8 Å². The number of fused-ring (bicyclic) bond motifs is 2. The summed E-state index contributed by atoms with van der Waals surface area (Å²) in [6, 6.07) is 0.921. The van der Waals surface area contributed by atoms with Crippen LogP contribution in [0.25, 0.3) is 0 Å². The van der Waals surface area contributed by atoms with Gasteiger partial charge in [-0.3, -0.25) is 0 Å². The van der Waals surface area contributed by atoms with Crippen LogP contribution < -0.4 is 5.32 Å². The van der Waals surface area contributed by atoms with Crippen LogP contribution in [0.15, 0.2) is 0 Å². The van der Waals surface area contributed by atoms with E-state index < -0.39 is 0 Å². The SMILES string of the molecule is C1CC2CC1CN2.C1CCSCC1.CC(C)C.CC(C)C. The molecule has 21 heavy (non-hydrogen) atoms. The first-order chi connectivity index (χ1) is 9.91. The molecule has 0 aromatic carbocycles. The van der Waals surface area contributed by atoms with Crippen LogP contribution in [0.3, 0.4) is 0 Å². The largest absolute Gasteiger partial charge is 0.314 e. The number of hydrogen-bond donors (Lipinski definition) is 1. The zero-order chi connectivity index (χ0) is 16.1. The summed E-state index contributed by atoms with van der Waals surface area (Å²) < 4.78 is 0. The number of rotatable bonds is 0. The molecule has 1 N–H and O–H groups in total. The second kappa shape index (κ2) is 13.9. The van der Waals surface area contributed by atoms with Crippen LogP contribution >= 0.6 is 11.8 Å². The van der Waals surface area contributed by atoms with Gasteiger partial charge in [-0.1, -0.05) is 48.0 Å². The Kier molecular flexibility index (Phi) is 14.1. The second-order valence-electron chi connectivity index (χ2n) is 7.92. The minimum atomic E-state index is 0.833. The summed E-state index contributed by atoms with van der Waals surface area (Å²) in [4.78, 5) is 0. The molecule has 3 aliphatic rings. The van der Waals surface area contributed by atoms with Crippen LogP contribution in [0.1, 0.15) is 80.1 Å². The smallest absolute Gasteiger partial charge is 0.00704 e. The highest BCUT2D eigenvalue weighted by atomic mass is 32.2. The zero-order valence-corrected chi connectivity index (χ0v) is 16.4. The predicted octanol–water partition coefficient (Wildman–Crippen LogP) is 5.99. The molecule has 0 aromatic rings. The third kappa shape index (κ3) is 16.5. The number of thioether (sulfide) groups is 1. The molecule has 128 valence electrons. The maximum Gasteiger partial charge on any atom is 0.00704 e. The maximum absolute atomic E-state index is 3.46. The van der Waals surface area contributed by atoms with Gasteiger partial charge in [-0.2, -0.15) is 11.8 Å². The van der Waals surface area contributed by atoms with Gasteiger partial charge in [-0.15, -0.1) is 0 Å². The van der Waals surface area contributed by atoms with Gasteiger partial charge in [0.25, 0.3) is 0 Å². The van der Waals surface area contributed by atoms with Gasteiger partial charge >= 0.3 is 0 Å². The molecule has 1 nitrogen and oxygen atoms in total. The number of nitrogens with one attached hydrogen (secondary N) is 1. The number of piperidine rings is 1. The first-order valence-electron chi connectivity index (χ1n) is 9.22. The minimum Gasteiger partial charge on any atom is -0.314 e. The molecule has 0 spiro atoms. The average Bonchev–Trinajstić information content (AvgIpc) is 3.05. The van der Waals surface area contributed by atoms with Crippen molar-refractivity contribution in [1.29, 1.82) is 0 Å². The molecule has 2 bridgehead atoms. The van der Waals surface area contributed by atoms with E-state index in [1.807, 2.05) is 0 Å². The van der Waals surface area contributed by atoms with E-state index in [9.17, 15) is 0 Å². The van der Waals surface area contributed by atoms with E-state index in [4.69, 9.17) is 0 Å². The molecule has 2 aliphatic heterocycles. The fraction of sp³-hybridized carbons (Fsp3) is 1.00. The Morgan fingerprint density at radius 1 is 0.810 bits per heavy atom. The van der Waals surface area contributed by atoms with Crippen molar-refractivity contribution in [3.63, 3.8) is 0 Å². The maximum atomic E-state index is 3.46. The van der Waals surface area contributed by atoms with Crippen LogP contribution in [0.4, 0.5) is 0 Å². The summed E-state index contributed by atoms with van der Waals surface area (Å²) in [5.74, 6) is 5.56. The molecule has 1 aliphatic carbocycles. The Labute approximate surface area is 139 Å². The molecule has 2 heteroatoms. The molecule has 0 aromatic heterocycles. The van der Waals surface area contributed by atoms with Crippen molar-refractivity contribution in [2.45, 2.75) is 86.1 Å². The van der Waals surface area contributed by atoms with E-state index in [1.165, 1.54) is 56.6 Å². The average molecular weight is 316 g/mol. The van der Waals surface area contributed by atoms with Gasteiger partial charge in [0.2, 0.25) is 0 Å². The van der Waals surface area contributed by atoms with Crippen LogP contribution in [0, 0.1) is 17.8 Å². The molecule has 2 atom stereocenters. The van der Waals surface area contributed by atoms with E-state index in [-0.39, 0.29) is 0 Å². The van der Waals surface area contributed by atoms with Crippen molar-refractivity contribution < 1.29 is 0 Å². The lowest BCUT2D eigenvalue weighted by atomic mass is 10.1. The quantitative estimate of drug-likeness (QED) is 0.589. The lowest BCUT2D eigenvalue weighted by molar-refractivity contribution is 0.504. The molecule has 3 fully saturated rings. The summed E-state index contributed by atoms with van der Waals surface area (Å²) in [6.07, 6.45) is 8.82. The van der Waals surface area contributed by atoms with E-state index in [1.54, 1.807) is 0 Å². The number of hydrogen-bond acceptors (Lipinski definition) is 2. The van der Waals surface area contributed by atoms with E-state index in [2.05, 4.69) is 58.6 Å². The minimum absolute atomic E-state index is 0.833. The third-order valence-electron chi connectivity index (χ3n) is 3.31. The molecule has 0 amide bonds. The lowest BCUT2D eigenvalue weighted by Gasteiger charge is -2.08. The first-order valence-corrected chi connectivity index (χ1v) is 10.4. The molecule has 0 radical (unpaired) electrons. The van der Waals surface area contributed by atoms with Crippen molar-refractivity contribution in [2.24, 2.45) is 17.8 Å². The van der Waals surface area contributed by atoms with Crippen LogP contribution in [0.2, 0.25) is 0 Å². The van der Waals surface area contributed by atoms with Crippen molar-refractivity contribution in [3.8, 4) is 0 Å². The first kappa shape index (κ1) is 21.3. The summed E-state index contributed by atoms with van der Waals surface area (Å²) in [7, 11) is 0. The topological polar surface area (TPSA) is 12.0 Å². The van der Waals surface area contributed by atoms with E-state index in [0.29, 0.717) is 0 Å². The Morgan fingerprint density at radius 3 is 1.43 bits per heavy atom. The predicted molar refractivity (Wildman–Crippen MR) is 101 cm³/mol. The second-order valence-corrected chi connectivity index (χ2v) is 9.15. The van der Waals surface area contributed by atoms with Gasteiger partial charge in [-0.25, -0.2) is 0 Å². The van der Waals surface area contributed by atoms with Crippen molar-refractivity contribution >= 4 is 11.8 Å². The highest BCUT2D eigenvalue weighted by Crippen LogP contribution is 2.29. The molecule has 1 saturated carbocycles. The zero-order valence-electron chi connectivity index (χ0n) is 15.6. The van der Waals surface area contributed by atoms with Crippen LogP contribution in [-0.2, 0) is 0 Å². The van der Waals surface area contributed by atoms with Crippen molar-refractivity contribution in [1.82, 2.24) is 5.32 Å². The molecule has 2 unspecified atom stereocenters. The fourth-order valence-electron chi connectivity index (χ4n) is 2.47. The van der Waals surface area contributed by atoms with Gasteiger partial charge in [0.1, 0.15) is 0 Å². The highest BCUT2D eigenvalue weighted by molar-refractivity contribution is 7.99. The Bertz CT molecular complexity index is 171. The molecular formula is C19H41NS. The Hall–Kier alpha value is 0.310. The standard InChI is InChI=1S/C6H11N.C5H10S.2C4H10/c1-2-6-3-5(1)4-7-6;1-2-4-6-5-3-1;2*1-4(2)3/h5-7H,1-4H2;1-5H2;2*4H,1-3H3. The summed E-state index contributed by atoms with van der Waals surface area (Å²) in [6.45, 7) is 14.3. The Balaban J connectivity index is 0.000000265. The van der Waals surface area contributed by atoms with Crippen molar-refractivity contribution in [2.75, 3.05) is 18.1 Å². The normalized spacial score (nSPS) is 26.3. The lowest BCUT2D eigenvalue weighted by Crippen LogP contribution is -2.23. The summed E-state index contributed by atoms with van der Waals surface area (Å²) in [5.41, 5.74) is 0. The molecule has 2 heterocycles. The van der Waals surface area contributed by atoms with Gasteiger partial charge in [0, 0.05) is 6.04 Å². The summed E-state index contributed by atoms with van der Waals surface area (Å²) in [5, 5.41) is 3.46. The van der Waals surface area contributed by atoms with Gasteiger partial charge in [0.15, 0.2) is 0 Å².